The zero-order valence-electron chi connectivity index (χ0n) is 33.6. The largest absolute Gasteiger partial charge is 0.208 e. The lowest BCUT2D eigenvalue weighted by atomic mass is 9.54. The number of nitriles is 1. The van der Waals surface area contributed by atoms with Crippen molar-refractivity contribution >= 4 is 10.8 Å². The SMILES string of the molecule is C[C@@H]1CC2C[C@H](C)CC(c3ccc(-c4nc(-c5ccc(-c6ccccc6)cc5)nc(-c5cc(-c6ccc(C#N)cc6)cc(-c6ccc7ccccc7c6)c5)n4)cc3)(C2)C1. The van der Waals surface area contributed by atoms with Crippen molar-refractivity contribution in [2.75, 3.05) is 0 Å². The molecule has 8 aromatic rings. The molecule has 7 aromatic carbocycles. The van der Waals surface area contributed by atoms with Crippen LogP contribution >= 0.6 is 0 Å². The maximum Gasteiger partial charge on any atom is 0.164 e. The Morgan fingerprint density at radius 2 is 0.915 bits per heavy atom. The third-order valence-corrected chi connectivity index (χ3v) is 12.9. The first-order valence-corrected chi connectivity index (χ1v) is 21.1. The molecule has 2 aliphatic carbocycles. The quantitative estimate of drug-likeness (QED) is 0.162. The van der Waals surface area contributed by atoms with Gasteiger partial charge in [-0.15, -0.1) is 0 Å². The summed E-state index contributed by atoms with van der Waals surface area (Å²) in [5.74, 6) is 4.23. The van der Waals surface area contributed by atoms with Crippen molar-refractivity contribution in [2.24, 2.45) is 17.8 Å². The zero-order valence-corrected chi connectivity index (χ0v) is 33.6. The Hall–Kier alpha value is -6.70. The second kappa shape index (κ2) is 15.2. The van der Waals surface area contributed by atoms with E-state index in [1.54, 1.807) is 0 Å². The van der Waals surface area contributed by atoms with Crippen LogP contribution in [0.4, 0.5) is 0 Å². The van der Waals surface area contributed by atoms with Gasteiger partial charge in [0.25, 0.3) is 0 Å². The van der Waals surface area contributed by atoms with Gasteiger partial charge in [-0.05, 0) is 141 Å². The first-order valence-electron chi connectivity index (χ1n) is 21.1. The maximum atomic E-state index is 9.55. The molecule has 4 nitrogen and oxygen atoms in total. The molecular formula is C55H46N4. The van der Waals surface area contributed by atoms with E-state index in [1.807, 2.05) is 30.3 Å². The Labute approximate surface area is 347 Å². The molecule has 0 N–H and O–H groups in total. The van der Waals surface area contributed by atoms with E-state index >= 15 is 0 Å². The Kier molecular flexibility index (Phi) is 9.46. The molecule has 1 aromatic heterocycles. The molecule has 2 fully saturated rings. The molecule has 0 amide bonds. The lowest BCUT2D eigenvalue weighted by molar-refractivity contribution is 0.0780. The minimum atomic E-state index is 0.250. The second-order valence-corrected chi connectivity index (χ2v) is 17.3. The molecule has 4 heteroatoms. The fourth-order valence-corrected chi connectivity index (χ4v) is 10.4. The van der Waals surface area contributed by atoms with Gasteiger partial charge in [0.05, 0.1) is 11.6 Å². The van der Waals surface area contributed by atoms with E-state index in [0.717, 1.165) is 62.3 Å². The van der Waals surface area contributed by atoms with Gasteiger partial charge >= 0.3 is 0 Å². The van der Waals surface area contributed by atoms with Crippen LogP contribution in [0.1, 0.15) is 57.1 Å². The van der Waals surface area contributed by atoms with Crippen molar-refractivity contribution in [3.05, 3.63) is 175 Å². The van der Waals surface area contributed by atoms with Gasteiger partial charge in [-0.1, -0.05) is 141 Å². The van der Waals surface area contributed by atoms with Crippen molar-refractivity contribution in [2.45, 2.75) is 51.4 Å². The summed E-state index contributed by atoms with van der Waals surface area (Å²) in [6.07, 6.45) is 6.56. The van der Waals surface area contributed by atoms with Gasteiger partial charge in [0.1, 0.15) is 0 Å². The molecule has 2 bridgehead atoms. The summed E-state index contributed by atoms with van der Waals surface area (Å²) >= 11 is 0. The first kappa shape index (κ1) is 36.6. The lowest BCUT2D eigenvalue weighted by Crippen LogP contribution is -2.42. The summed E-state index contributed by atoms with van der Waals surface area (Å²) in [4.78, 5) is 15.7. The highest BCUT2D eigenvalue weighted by Gasteiger charge is 2.45. The molecule has 10 rings (SSSR count). The predicted octanol–water partition coefficient (Wildman–Crippen LogP) is 14.0. The standard InChI is InChI=1S/C55H46N4/c1-36-26-39-27-37(2)33-55(32-36,34-39)51-24-22-45(23-25-51)53-57-52(44-19-16-42(17-20-44)40-8-4-3-5-9-40)58-54(59-53)50-30-48(43-14-12-38(35-56)13-15-43)29-49(31-50)47-21-18-41-10-6-7-11-46(41)28-47/h3-25,28-31,36-37,39H,26-27,32-34H2,1-2H3/t36-,37+,39?,55?. The van der Waals surface area contributed by atoms with Gasteiger partial charge in [0, 0.05) is 16.7 Å². The first-order chi connectivity index (χ1) is 28.9. The van der Waals surface area contributed by atoms with Gasteiger partial charge in [0.2, 0.25) is 0 Å². The molecule has 0 saturated heterocycles. The van der Waals surface area contributed by atoms with Crippen LogP contribution in [0.15, 0.2) is 164 Å². The van der Waals surface area contributed by atoms with Crippen molar-refractivity contribution in [3.8, 4) is 73.6 Å². The number of nitrogens with zero attached hydrogens (tertiary/aromatic N) is 4. The molecule has 0 aliphatic heterocycles. The van der Waals surface area contributed by atoms with Crippen LogP contribution in [0, 0.1) is 29.1 Å². The van der Waals surface area contributed by atoms with Gasteiger partial charge < -0.3 is 0 Å². The molecule has 2 aliphatic rings. The summed E-state index contributed by atoms with van der Waals surface area (Å²) in [5, 5.41) is 11.9. The number of rotatable bonds is 7. The van der Waals surface area contributed by atoms with Gasteiger partial charge in [-0.2, -0.15) is 5.26 Å². The van der Waals surface area contributed by atoms with Crippen LogP contribution in [-0.4, -0.2) is 15.0 Å². The fourth-order valence-electron chi connectivity index (χ4n) is 10.4. The molecule has 0 spiro atoms. The number of benzene rings is 7. The predicted molar refractivity (Wildman–Crippen MR) is 241 cm³/mol. The van der Waals surface area contributed by atoms with Crippen LogP contribution in [0.3, 0.4) is 0 Å². The summed E-state index contributed by atoms with van der Waals surface area (Å²) in [7, 11) is 0. The number of hydrogen-bond donors (Lipinski definition) is 0. The monoisotopic (exact) mass is 762 g/mol. The smallest absolute Gasteiger partial charge is 0.164 e. The molecule has 2 unspecified atom stereocenters. The zero-order chi connectivity index (χ0) is 39.9. The van der Waals surface area contributed by atoms with Crippen LogP contribution in [0.2, 0.25) is 0 Å². The lowest BCUT2D eigenvalue weighted by Gasteiger charge is -2.50. The number of aromatic nitrogens is 3. The molecule has 1 heterocycles. The third-order valence-electron chi connectivity index (χ3n) is 12.9. The summed E-state index contributed by atoms with van der Waals surface area (Å²) in [6, 6.07) is 59.9. The number of hydrogen-bond acceptors (Lipinski definition) is 4. The molecule has 0 radical (unpaired) electrons. The topological polar surface area (TPSA) is 62.5 Å². The fraction of sp³-hybridized carbons (Fsp3) is 0.200. The van der Waals surface area contributed by atoms with Gasteiger partial charge in [0.15, 0.2) is 17.5 Å². The number of fused-ring (bicyclic) bond motifs is 3. The van der Waals surface area contributed by atoms with Crippen molar-refractivity contribution in [3.63, 3.8) is 0 Å². The average molecular weight is 763 g/mol. The molecule has 2 saturated carbocycles. The highest BCUT2D eigenvalue weighted by molar-refractivity contribution is 5.89. The summed E-state index contributed by atoms with van der Waals surface area (Å²) < 4.78 is 0. The van der Waals surface area contributed by atoms with E-state index in [2.05, 4.69) is 153 Å². The van der Waals surface area contributed by atoms with Crippen LogP contribution < -0.4 is 0 Å². The Balaban J connectivity index is 1.11. The van der Waals surface area contributed by atoms with Crippen molar-refractivity contribution in [1.82, 2.24) is 15.0 Å². The van der Waals surface area contributed by atoms with Crippen LogP contribution in [-0.2, 0) is 5.41 Å². The molecule has 286 valence electrons. The van der Waals surface area contributed by atoms with E-state index in [4.69, 9.17) is 15.0 Å². The van der Waals surface area contributed by atoms with E-state index in [1.165, 1.54) is 54.0 Å². The minimum absolute atomic E-state index is 0.250. The van der Waals surface area contributed by atoms with Crippen molar-refractivity contribution in [1.29, 1.82) is 5.26 Å². The van der Waals surface area contributed by atoms with E-state index in [0.29, 0.717) is 23.0 Å². The normalized spacial score (nSPS) is 19.9. The molecule has 59 heavy (non-hydrogen) atoms. The molecular weight excluding hydrogens is 717 g/mol. The summed E-state index contributed by atoms with van der Waals surface area (Å²) in [5.41, 5.74) is 11.7. The Morgan fingerprint density at radius 1 is 0.441 bits per heavy atom. The van der Waals surface area contributed by atoms with E-state index in [-0.39, 0.29) is 5.41 Å². The van der Waals surface area contributed by atoms with Crippen molar-refractivity contribution < 1.29 is 0 Å². The van der Waals surface area contributed by atoms with Gasteiger partial charge in [-0.3, -0.25) is 0 Å². The maximum absolute atomic E-state index is 9.55. The Bertz CT molecular complexity index is 2820. The van der Waals surface area contributed by atoms with E-state index in [9.17, 15) is 5.26 Å². The van der Waals surface area contributed by atoms with Crippen LogP contribution in [0.25, 0.3) is 78.3 Å². The highest BCUT2D eigenvalue weighted by atomic mass is 15.0. The van der Waals surface area contributed by atoms with E-state index < -0.39 is 0 Å². The minimum Gasteiger partial charge on any atom is -0.208 e. The second-order valence-electron chi connectivity index (χ2n) is 17.3. The third kappa shape index (κ3) is 7.34. The highest BCUT2D eigenvalue weighted by Crippen LogP contribution is 2.54. The average Bonchev–Trinajstić information content (AvgIpc) is 3.28. The Morgan fingerprint density at radius 3 is 1.56 bits per heavy atom. The van der Waals surface area contributed by atoms with Gasteiger partial charge in [-0.25, -0.2) is 15.0 Å². The summed E-state index contributed by atoms with van der Waals surface area (Å²) in [6.45, 7) is 4.90. The van der Waals surface area contributed by atoms with Crippen LogP contribution in [0.5, 0.6) is 0 Å². The molecule has 4 atom stereocenters.